The molecule has 0 aliphatic heterocycles. The van der Waals surface area contributed by atoms with Gasteiger partial charge in [0.15, 0.2) is 0 Å². The predicted molar refractivity (Wildman–Crippen MR) is 64.4 cm³/mol. The van der Waals surface area contributed by atoms with E-state index in [1.807, 2.05) is 0 Å². The zero-order chi connectivity index (χ0) is 11.5. The standard InChI is InChI=1S/C10H6F2IN3/c11-6-1-7(12)3-9(2-6)16-10-14-4-8(13)5-15-10/h1-5H,(H,14,15,16). The highest BCUT2D eigenvalue weighted by Gasteiger charge is 2.02. The number of aromatic nitrogens is 2. The highest BCUT2D eigenvalue weighted by Crippen LogP contribution is 2.16. The van der Waals surface area contributed by atoms with Gasteiger partial charge in [-0.2, -0.15) is 0 Å². The van der Waals surface area contributed by atoms with Crippen molar-refractivity contribution in [3.05, 3.63) is 45.8 Å². The Balaban J connectivity index is 2.23. The van der Waals surface area contributed by atoms with Crippen LogP contribution in [-0.4, -0.2) is 9.97 Å². The van der Waals surface area contributed by atoms with Crippen molar-refractivity contribution in [2.45, 2.75) is 0 Å². The Morgan fingerprint density at radius 2 is 1.56 bits per heavy atom. The van der Waals surface area contributed by atoms with Gasteiger partial charge in [-0.15, -0.1) is 0 Å². The first-order valence-corrected chi connectivity index (χ1v) is 5.42. The minimum absolute atomic E-state index is 0.277. The van der Waals surface area contributed by atoms with E-state index in [1.54, 1.807) is 12.4 Å². The van der Waals surface area contributed by atoms with Crippen LogP contribution < -0.4 is 5.32 Å². The van der Waals surface area contributed by atoms with Gasteiger partial charge in [0.1, 0.15) is 11.6 Å². The highest BCUT2D eigenvalue weighted by atomic mass is 127. The van der Waals surface area contributed by atoms with Gasteiger partial charge in [-0.05, 0) is 34.7 Å². The molecular weight excluding hydrogens is 327 g/mol. The van der Waals surface area contributed by atoms with Crippen molar-refractivity contribution in [2.75, 3.05) is 5.32 Å². The predicted octanol–water partition coefficient (Wildman–Crippen LogP) is 3.10. The topological polar surface area (TPSA) is 37.8 Å². The molecule has 1 aromatic heterocycles. The van der Waals surface area contributed by atoms with Gasteiger partial charge in [0.05, 0.1) is 0 Å². The van der Waals surface area contributed by atoms with Gasteiger partial charge in [0, 0.05) is 27.7 Å². The van der Waals surface area contributed by atoms with Crippen molar-refractivity contribution < 1.29 is 8.78 Å². The summed E-state index contributed by atoms with van der Waals surface area (Å²) in [5, 5.41) is 2.71. The summed E-state index contributed by atoms with van der Waals surface area (Å²) in [7, 11) is 0. The van der Waals surface area contributed by atoms with Crippen LogP contribution >= 0.6 is 22.6 Å². The molecular formula is C10H6F2IN3. The lowest BCUT2D eigenvalue weighted by Gasteiger charge is -2.04. The zero-order valence-corrected chi connectivity index (χ0v) is 10.1. The summed E-state index contributed by atoms with van der Waals surface area (Å²) in [4.78, 5) is 7.92. The van der Waals surface area contributed by atoms with E-state index in [1.165, 1.54) is 12.1 Å². The number of nitrogens with one attached hydrogen (secondary N) is 1. The monoisotopic (exact) mass is 333 g/mol. The molecule has 1 N–H and O–H groups in total. The van der Waals surface area contributed by atoms with Gasteiger partial charge in [-0.3, -0.25) is 0 Å². The van der Waals surface area contributed by atoms with Gasteiger partial charge in [0.25, 0.3) is 0 Å². The maximum Gasteiger partial charge on any atom is 0.227 e. The second-order valence-electron chi connectivity index (χ2n) is 3.01. The fourth-order valence-electron chi connectivity index (χ4n) is 1.13. The number of rotatable bonds is 2. The van der Waals surface area contributed by atoms with Crippen molar-refractivity contribution in [2.24, 2.45) is 0 Å². The van der Waals surface area contributed by atoms with Crippen molar-refractivity contribution in [1.82, 2.24) is 9.97 Å². The fraction of sp³-hybridized carbons (Fsp3) is 0. The smallest absolute Gasteiger partial charge is 0.227 e. The lowest BCUT2D eigenvalue weighted by Crippen LogP contribution is -1.97. The molecule has 0 amide bonds. The average Bonchev–Trinajstić information content (AvgIpc) is 2.20. The van der Waals surface area contributed by atoms with Crippen molar-refractivity contribution >= 4 is 34.2 Å². The summed E-state index contributed by atoms with van der Waals surface area (Å²) in [6.07, 6.45) is 3.21. The normalized spacial score (nSPS) is 10.2. The van der Waals surface area contributed by atoms with Crippen LogP contribution in [0.3, 0.4) is 0 Å². The van der Waals surface area contributed by atoms with Crippen LogP contribution in [0, 0.1) is 15.2 Å². The summed E-state index contributed by atoms with van der Waals surface area (Å²) in [6, 6.07) is 3.15. The summed E-state index contributed by atoms with van der Waals surface area (Å²) >= 11 is 2.07. The largest absolute Gasteiger partial charge is 0.324 e. The van der Waals surface area contributed by atoms with E-state index in [0.717, 1.165) is 9.64 Å². The molecule has 0 radical (unpaired) electrons. The minimum atomic E-state index is -0.645. The third-order valence-corrected chi connectivity index (χ3v) is 2.30. The Hall–Kier alpha value is -1.31. The first kappa shape index (κ1) is 11.2. The van der Waals surface area contributed by atoms with E-state index in [9.17, 15) is 8.78 Å². The molecule has 0 atom stereocenters. The fourth-order valence-corrected chi connectivity index (χ4v) is 1.41. The number of nitrogens with zero attached hydrogens (tertiary/aromatic N) is 2. The van der Waals surface area contributed by atoms with Gasteiger partial charge in [0.2, 0.25) is 5.95 Å². The van der Waals surface area contributed by atoms with E-state index in [2.05, 4.69) is 37.9 Å². The number of hydrogen-bond acceptors (Lipinski definition) is 3. The van der Waals surface area contributed by atoms with Crippen LogP contribution in [0.5, 0.6) is 0 Å². The molecule has 0 aliphatic rings. The quantitative estimate of drug-likeness (QED) is 0.859. The lowest BCUT2D eigenvalue weighted by atomic mass is 10.3. The molecule has 1 aromatic carbocycles. The van der Waals surface area contributed by atoms with Crippen LogP contribution in [0.4, 0.5) is 20.4 Å². The van der Waals surface area contributed by atoms with E-state index < -0.39 is 11.6 Å². The third-order valence-electron chi connectivity index (χ3n) is 1.74. The van der Waals surface area contributed by atoms with Crippen molar-refractivity contribution in [3.63, 3.8) is 0 Å². The summed E-state index contributed by atoms with van der Waals surface area (Å²) < 4.78 is 26.6. The number of halogens is 3. The molecule has 0 bridgehead atoms. The Bertz CT molecular complexity index is 482. The first-order valence-electron chi connectivity index (χ1n) is 4.34. The minimum Gasteiger partial charge on any atom is -0.324 e. The molecule has 0 saturated heterocycles. The molecule has 0 saturated carbocycles. The number of hydrogen-bond donors (Lipinski definition) is 1. The number of anilines is 2. The van der Waals surface area contributed by atoms with Gasteiger partial charge >= 0.3 is 0 Å². The molecule has 0 fully saturated rings. The molecule has 0 unspecified atom stereocenters. The van der Waals surface area contributed by atoms with E-state index in [-0.39, 0.29) is 5.69 Å². The third kappa shape index (κ3) is 2.84. The molecule has 16 heavy (non-hydrogen) atoms. The van der Waals surface area contributed by atoms with Crippen LogP contribution in [0.1, 0.15) is 0 Å². The molecule has 3 nitrogen and oxygen atoms in total. The number of benzene rings is 1. The Morgan fingerprint density at radius 1 is 1.00 bits per heavy atom. The molecule has 0 aliphatic carbocycles. The summed E-state index contributed by atoms with van der Waals surface area (Å²) in [6.45, 7) is 0. The van der Waals surface area contributed by atoms with E-state index in [0.29, 0.717) is 5.95 Å². The van der Waals surface area contributed by atoms with Gasteiger partial charge in [-0.1, -0.05) is 0 Å². The highest BCUT2D eigenvalue weighted by molar-refractivity contribution is 14.1. The van der Waals surface area contributed by atoms with E-state index >= 15 is 0 Å². The van der Waals surface area contributed by atoms with E-state index in [4.69, 9.17) is 0 Å². The Morgan fingerprint density at radius 3 is 2.12 bits per heavy atom. The summed E-state index contributed by atoms with van der Waals surface area (Å²) in [5.74, 6) is -0.994. The van der Waals surface area contributed by atoms with Crippen LogP contribution in [0.2, 0.25) is 0 Å². The maximum atomic E-state index is 12.9. The Kier molecular flexibility index (Phi) is 3.28. The molecule has 82 valence electrons. The summed E-state index contributed by atoms with van der Waals surface area (Å²) in [5.41, 5.74) is 0.277. The SMILES string of the molecule is Fc1cc(F)cc(Nc2ncc(I)cn2)c1. The van der Waals surface area contributed by atoms with Crippen LogP contribution in [0.15, 0.2) is 30.6 Å². The molecule has 2 aromatic rings. The maximum absolute atomic E-state index is 12.9. The Labute approximate surface area is 104 Å². The van der Waals surface area contributed by atoms with Crippen LogP contribution in [0.25, 0.3) is 0 Å². The van der Waals surface area contributed by atoms with Crippen molar-refractivity contribution in [3.8, 4) is 0 Å². The van der Waals surface area contributed by atoms with Crippen molar-refractivity contribution in [1.29, 1.82) is 0 Å². The molecule has 2 rings (SSSR count). The van der Waals surface area contributed by atoms with Crippen LogP contribution in [-0.2, 0) is 0 Å². The molecule has 6 heteroatoms. The average molecular weight is 333 g/mol. The second kappa shape index (κ2) is 4.69. The molecule has 0 spiro atoms. The zero-order valence-electron chi connectivity index (χ0n) is 7.92. The molecule has 1 heterocycles. The van der Waals surface area contributed by atoms with Gasteiger partial charge in [-0.25, -0.2) is 18.7 Å². The lowest BCUT2D eigenvalue weighted by molar-refractivity contribution is 0.584. The second-order valence-corrected chi connectivity index (χ2v) is 4.25. The van der Waals surface area contributed by atoms with Gasteiger partial charge < -0.3 is 5.32 Å². The first-order chi connectivity index (χ1) is 7.63.